The third-order valence-electron chi connectivity index (χ3n) is 3.72. The molecule has 118 valence electrons. The molecule has 1 aliphatic rings. The molecule has 1 heterocycles. The normalized spacial score (nSPS) is 15.0. The van der Waals surface area contributed by atoms with Gasteiger partial charge in [0.2, 0.25) is 0 Å². The average Bonchev–Trinajstić information content (AvgIpc) is 3.25. The Labute approximate surface area is 135 Å². The van der Waals surface area contributed by atoms with E-state index in [-0.39, 0.29) is 24.4 Å². The van der Waals surface area contributed by atoms with E-state index in [1.807, 2.05) is 30.3 Å². The number of benzene rings is 1. The molecule has 3 N–H and O–H groups in total. The van der Waals surface area contributed by atoms with Crippen molar-refractivity contribution in [1.29, 1.82) is 0 Å². The summed E-state index contributed by atoms with van der Waals surface area (Å²) in [5, 5.41) is 10.9. The first-order valence-electron chi connectivity index (χ1n) is 7.21. The van der Waals surface area contributed by atoms with Gasteiger partial charge in [-0.2, -0.15) is 0 Å². The molecule has 7 heteroatoms. The van der Waals surface area contributed by atoms with Gasteiger partial charge in [0, 0.05) is 12.6 Å². The zero-order chi connectivity index (χ0) is 14.7. The van der Waals surface area contributed by atoms with Gasteiger partial charge in [0.05, 0.1) is 12.7 Å². The number of hydrogen-bond acceptors (Lipinski definition) is 4. The van der Waals surface area contributed by atoms with Crippen LogP contribution in [0.4, 0.5) is 0 Å². The van der Waals surface area contributed by atoms with Crippen molar-refractivity contribution in [3.8, 4) is 0 Å². The minimum atomic E-state index is -0.198. The van der Waals surface area contributed by atoms with E-state index in [0.717, 1.165) is 18.4 Å². The van der Waals surface area contributed by atoms with E-state index in [1.54, 1.807) is 10.9 Å². The molecule has 1 unspecified atom stereocenters. The fourth-order valence-corrected chi connectivity index (χ4v) is 2.36. The zero-order valence-electron chi connectivity index (χ0n) is 12.2. The van der Waals surface area contributed by atoms with Crippen LogP contribution in [0.15, 0.2) is 36.5 Å². The molecule has 1 aliphatic carbocycles. The fraction of sp³-hybridized carbons (Fsp3) is 0.400. The van der Waals surface area contributed by atoms with Gasteiger partial charge in [-0.3, -0.25) is 4.79 Å². The Hall–Kier alpha value is -1.92. The highest BCUT2D eigenvalue weighted by Gasteiger charge is 2.31. The molecule has 0 saturated heterocycles. The van der Waals surface area contributed by atoms with Gasteiger partial charge in [-0.25, -0.2) is 4.68 Å². The van der Waals surface area contributed by atoms with Gasteiger partial charge >= 0.3 is 0 Å². The molecule has 1 aromatic carbocycles. The molecule has 3 rings (SSSR count). The van der Waals surface area contributed by atoms with Gasteiger partial charge in [-0.05, 0) is 24.3 Å². The molecule has 1 fully saturated rings. The molecule has 1 saturated carbocycles. The predicted octanol–water partition coefficient (Wildman–Crippen LogP) is 1.22. The molecule has 6 nitrogen and oxygen atoms in total. The minimum absolute atomic E-state index is 0. The molecule has 0 aliphatic heterocycles. The van der Waals surface area contributed by atoms with Gasteiger partial charge in [-0.1, -0.05) is 35.5 Å². The van der Waals surface area contributed by atoms with E-state index in [0.29, 0.717) is 24.7 Å². The molecule has 1 atom stereocenters. The van der Waals surface area contributed by atoms with Crippen LogP contribution in [-0.4, -0.2) is 33.5 Å². The number of aromatic nitrogens is 3. The smallest absolute Gasteiger partial charge is 0.273 e. The molecule has 0 bridgehead atoms. The van der Waals surface area contributed by atoms with Gasteiger partial charge in [0.25, 0.3) is 5.91 Å². The maximum absolute atomic E-state index is 12.1. The Bertz CT molecular complexity index is 611. The van der Waals surface area contributed by atoms with Crippen LogP contribution in [0.25, 0.3) is 0 Å². The van der Waals surface area contributed by atoms with Crippen LogP contribution >= 0.6 is 12.4 Å². The summed E-state index contributed by atoms with van der Waals surface area (Å²) in [4.78, 5) is 12.1. The first kappa shape index (κ1) is 16.5. The summed E-state index contributed by atoms with van der Waals surface area (Å²) in [6.45, 7) is 1.07. The predicted molar refractivity (Wildman–Crippen MR) is 85.8 cm³/mol. The SMILES string of the molecule is Cl.NCC(NC(=O)c1cn(Cc2ccccc2)nn1)C1CC1. The van der Waals surface area contributed by atoms with E-state index >= 15 is 0 Å². The summed E-state index contributed by atoms with van der Waals surface area (Å²) in [7, 11) is 0. The molecule has 0 radical (unpaired) electrons. The first-order chi connectivity index (χ1) is 10.3. The Balaban J connectivity index is 0.00000176. The summed E-state index contributed by atoms with van der Waals surface area (Å²) in [6, 6.07) is 9.99. The Morgan fingerprint density at radius 3 is 2.73 bits per heavy atom. The third kappa shape index (κ3) is 4.05. The summed E-state index contributed by atoms with van der Waals surface area (Å²) in [5.74, 6) is 0.329. The number of nitrogens with two attached hydrogens (primary N) is 1. The second-order valence-electron chi connectivity index (χ2n) is 5.44. The van der Waals surface area contributed by atoms with Crippen LogP contribution in [0.1, 0.15) is 28.9 Å². The Morgan fingerprint density at radius 1 is 1.36 bits per heavy atom. The number of amides is 1. The lowest BCUT2D eigenvalue weighted by Gasteiger charge is -2.14. The maximum Gasteiger partial charge on any atom is 0.273 e. The van der Waals surface area contributed by atoms with E-state index in [1.165, 1.54) is 0 Å². The largest absolute Gasteiger partial charge is 0.346 e. The van der Waals surface area contributed by atoms with E-state index < -0.39 is 0 Å². The Kier molecular flexibility index (Phi) is 5.51. The van der Waals surface area contributed by atoms with Gasteiger partial charge in [0.1, 0.15) is 0 Å². The van der Waals surface area contributed by atoms with Crippen molar-refractivity contribution in [2.45, 2.75) is 25.4 Å². The number of hydrogen-bond donors (Lipinski definition) is 2. The Morgan fingerprint density at radius 2 is 2.09 bits per heavy atom. The van der Waals surface area contributed by atoms with E-state index in [9.17, 15) is 4.79 Å². The average molecular weight is 322 g/mol. The van der Waals surface area contributed by atoms with Crippen molar-refractivity contribution >= 4 is 18.3 Å². The van der Waals surface area contributed by atoms with Gasteiger partial charge in [-0.15, -0.1) is 17.5 Å². The summed E-state index contributed by atoms with van der Waals surface area (Å²) < 4.78 is 1.67. The molecular weight excluding hydrogens is 302 g/mol. The van der Waals surface area contributed by atoms with E-state index in [4.69, 9.17) is 5.73 Å². The number of rotatable bonds is 6. The number of carbonyl (C=O) groups excluding carboxylic acids is 1. The van der Waals surface area contributed by atoms with Gasteiger partial charge < -0.3 is 11.1 Å². The zero-order valence-corrected chi connectivity index (χ0v) is 13.0. The highest BCUT2D eigenvalue weighted by Crippen LogP contribution is 2.32. The number of nitrogens with zero attached hydrogens (tertiary/aromatic N) is 3. The monoisotopic (exact) mass is 321 g/mol. The van der Waals surface area contributed by atoms with Gasteiger partial charge in [0.15, 0.2) is 5.69 Å². The van der Waals surface area contributed by atoms with Crippen molar-refractivity contribution in [3.63, 3.8) is 0 Å². The summed E-state index contributed by atoms with van der Waals surface area (Å²) >= 11 is 0. The van der Waals surface area contributed by atoms with E-state index in [2.05, 4.69) is 15.6 Å². The van der Waals surface area contributed by atoms with Crippen LogP contribution in [0.2, 0.25) is 0 Å². The molecule has 1 aromatic heterocycles. The standard InChI is InChI=1S/C15H19N5O.ClH/c16-8-13(12-6-7-12)17-15(21)14-10-20(19-18-14)9-11-4-2-1-3-5-11;/h1-5,10,12-13H,6-9,16H2,(H,17,21);1H. The minimum Gasteiger partial charge on any atom is -0.346 e. The van der Waals surface area contributed by atoms with Crippen LogP contribution in [0.5, 0.6) is 0 Å². The second kappa shape index (κ2) is 7.38. The maximum atomic E-state index is 12.1. The van der Waals surface area contributed by atoms with Crippen molar-refractivity contribution < 1.29 is 4.79 Å². The second-order valence-corrected chi connectivity index (χ2v) is 5.44. The van der Waals surface area contributed by atoms with Crippen LogP contribution in [-0.2, 0) is 6.54 Å². The molecular formula is C15H20ClN5O. The lowest BCUT2D eigenvalue weighted by atomic mass is 10.2. The molecule has 0 spiro atoms. The van der Waals surface area contributed by atoms with Crippen molar-refractivity contribution in [2.24, 2.45) is 11.7 Å². The fourth-order valence-electron chi connectivity index (χ4n) is 2.36. The van der Waals surface area contributed by atoms with Crippen LogP contribution < -0.4 is 11.1 Å². The highest BCUT2D eigenvalue weighted by atomic mass is 35.5. The number of carbonyl (C=O) groups is 1. The summed E-state index contributed by atoms with van der Waals surface area (Å²) in [5.41, 5.74) is 7.15. The summed E-state index contributed by atoms with van der Waals surface area (Å²) in [6.07, 6.45) is 3.95. The van der Waals surface area contributed by atoms with Crippen molar-refractivity contribution in [3.05, 3.63) is 47.8 Å². The van der Waals surface area contributed by atoms with Crippen LogP contribution in [0, 0.1) is 5.92 Å². The quantitative estimate of drug-likeness (QED) is 0.837. The van der Waals surface area contributed by atoms with Crippen molar-refractivity contribution in [1.82, 2.24) is 20.3 Å². The number of nitrogens with one attached hydrogen (secondary N) is 1. The number of halogens is 1. The first-order valence-corrected chi connectivity index (χ1v) is 7.21. The molecule has 1 amide bonds. The van der Waals surface area contributed by atoms with Crippen molar-refractivity contribution in [2.75, 3.05) is 6.54 Å². The third-order valence-corrected chi connectivity index (χ3v) is 3.72. The lowest BCUT2D eigenvalue weighted by molar-refractivity contribution is 0.0928. The molecule has 22 heavy (non-hydrogen) atoms. The lowest BCUT2D eigenvalue weighted by Crippen LogP contribution is -2.41. The molecule has 2 aromatic rings. The topological polar surface area (TPSA) is 85.8 Å². The highest BCUT2D eigenvalue weighted by molar-refractivity contribution is 5.92. The van der Waals surface area contributed by atoms with Crippen LogP contribution in [0.3, 0.4) is 0 Å².